The van der Waals surface area contributed by atoms with Gasteiger partial charge in [0.1, 0.15) is 11.6 Å². The molecule has 0 saturated heterocycles. The van der Waals surface area contributed by atoms with Crippen LogP contribution in [0.1, 0.15) is 0 Å². The van der Waals surface area contributed by atoms with Crippen molar-refractivity contribution in [3.63, 3.8) is 0 Å². The van der Waals surface area contributed by atoms with Gasteiger partial charge in [-0.15, -0.1) is 34.9 Å². The molecule has 0 radical (unpaired) electrons. The normalized spacial score (nSPS) is 12.2. The molecule has 8 aromatic rings. The molecule has 350 valence electrons. The van der Waals surface area contributed by atoms with Crippen molar-refractivity contribution in [2.24, 2.45) is 9.98 Å². The molecule has 4 heterocycles. The van der Waals surface area contributed by atoms with Gasteiger partial charge in [0.05, 0.1) is 0 Å². The monoisotopic (exact) mass is 1290 g/mol. The maximum Gasteiger partial charge on any atom is 0.124 e. The van der Waals surface area contributed by atoms with Crippen molar-refractivity contribution in [2.45, 2.75) is 9.79 Å². The summed E-state index contributed by atoms with van der Waals surface area (Å²) in [5.41, 5.74) is 7.89. The fourth-order valence-electron chi connectivity index (χ4n) is 6.72. The van der Waals surface area contributed by atoms with Crippen LogP contribution in [0.4, 0.5) is 57.1 Å². The Kier molecular flexibility index (Phi) is 20.3. The molecule has 68 heavy (non-hydrogen) atoms. The molecule has 0 spiro atoms. The first kappa shape index (κ1) is 51.2. The Labute approximate surface area is 437 Å². The molecule has 6 aromatic carbocycles. The number of hydrogen-bond acceptors (Lipinski definition) is 10. The van der Waals surface area contributed by atoms with E-state index in [2.05, 4.69) is 76.8 Å². The minimum atomic E-state index is 0. The molecule has 0 atom stereocenters. The summed E-state index contributed by atoms with van der Waals surface area (Å²) < 4.78 is 0. The van der Waals surface area contributed by atoms with Crippen LogP contribution in [-0.4, -0.2) is 48.2 Å². The van der Waals surface area contributed by atoms with E-state index in [9.17, 15) is 0 Å². The number of para-hydroxylation sites is 6. The van der Waals surface area contributed by atoms with E-state index in [1.54, 1.807) is 36.2 Å². The average Bonchev–Trinajstić information content (AvgIpc) is 3.91. The molecule has 2 aliphatic heterocycles. The minimum Gasteiger partial charge on any atom is -0.502 e. The van der Waals surface area contributed by atoms with E-state index in [1.807, 2.05) is 207 Å². The van der Waals surface area contributed by atoms with Gasteiger partial charge in [0.25, 0.3) is 0 Å². The second-order valence-corrected chi connectivity index (χ2v) is 16.7. The summed E-state index contributed by atoms with van der Waals surface area (Å²) in [6, 6.07) is 66.2. The maximum atomic E-state index is 4.56. The molecule has 0 aliphatic carbocycles. The van der Waals surface area contributed by atoms with Gasteiger partial charge in [-0.1, -0.05) is 110 Å². The third kappa shape index (κ3) is 14.2. The van der Waals surface area contributed by atoms with Gasteiger partial charge in [0.2, 0.25) is 0 Å². The van der Waals surface area contributed by atoms with Crippen LogP contribution < -0.4 is 19.6 Å². The third-order valence-electron chi connectivity index (χ3n) is 9.88. The van der Waals surface area contributed by atoms with Gasteiger partial charge in [0, 0.05) is 87.2 Å². The third-order valence-corrected chi connectivity index (χ3v) is 12.3. The number of anilines is 6. The van der Waals surface area contributed by atoms with Gasteiger partial charge < -0.3 is 40.2 Å². The van der Waals surface area contributed by atoms with Gasteiger partial charge in [-0.3, -0.25) is 0 Å². The first-order valence-electron chi connectivity index (χ1n) is 21.2. The number of benzene rings is 6. The topological polar surface area (TPSA) is 91.7 Å². The molecule has 0 fully saturated rings. The standard InChI is InChI=1S/C28H24N4S2.2C13H11N3.2Pt/c1-3-11-23(12-4-1)29-21-31-25-15-7-9-17-27(25)33-19-20-34-28-18-10-8-16-26(28)32-22-30-24-13-5-2-6-14-24;2*1-15-10-16(11-6-3-2-4-7-11)13-12(15)8-5-9-14-13;;/h1-18,21-22H,19-20H2;2*2-6,8-10H,1H3;;/q3*-2;;. The van der Waals surface area contributed by atoms with Crippen molar-refractivity contribution in [1.29, 1.82) is 0 Å². The number of pyridine rings is 2. The Hall–Kier alpha value is -6.16. The van der Waals surface area contributed by atoms with Crippen LogP contribution in [0.25, 0.3) is 10.6 Å². The number of rotatable bonds is 13. The Morgan fingerprint density at radius 2 is 0.897 bits per heavy atom. The maximum absolute atomic E-state index is 4.56. The second-order valence-electron chi connectivity index (χ2n) is 14.4. The zero-order valence-corrected chi connectivity index (χ0v) is 43.3. The van der Waals surface area contributed by atoms with Crippen LogP contribution in [0.5, 0.6) is 0 Å². The number of thioether (sulfide) groups is 2. The van der Waals surface area contributed by atoms with Crippen molar-refractivity contribution >= 4 is 93.3 Å². The number of fused-ring (bicyclic) bond motifs is 2. The van der Waals surface area contributed by atoms with E-state index in [0.29, 0.717) is 0 Å². The fourth-order valence-corrected chi connectivity index (χ4v) is 8.71. The van der Waals surface area contributed by atoms with Crippen LogP contribution in [0.3, 0.4) is 0 Å². The smallest absolute Gasteiger partial charge is 0.124 e. The predicted molar refractivity (Wildman–Crippen MR) is 278 cm³/mol. The van der Waals surface area contributed by atoms with E-state index >= 15 is 0 Å². The van der Waals surface area contributed by atoms with Crippen LogP contribution in [0, 0.1) is 25.5 Å². The molecule has 0 N–H and O–H groups in total. The minimum absolute atomic E-state index is 0. The Morgan fingerprint density at radius 1 is 0.500 bits per heavy atom. The SMILES string of the molecule is C(=Nc1ccccc1)[N-]c1ccccc1SCCSc1ccccc1[N-]C=Nc1ccccc1.CN1[CH-]N(c2[c-]cccc2)c2ncccc21.CN1[CH-]N(c2[c-]cccc2)c2ncccc21.[Pt].[Pt]. The molecule has 2 aliphatic rings. The molecule has 0 amide bonds. The molecule has 0 unspecified atom stereocenters. The Bertz CT molecular complexity index is 2600. The Morgan fingerprint density at radius 3 is 1.31 bits per heavy atom. The van der Waals surface area contributed by atoms with E-state index in [4.69, 9.17) is 0 Å². The zero-order valence-electron chi connectivity index (χ0n) is 37.1. The number of aliphatic imine (C=N–C) groups is 2. The number of hydrogen-bond donors (Lipinski definition) is 0. The van der Waals surface area contributed by atoms with Gasteiger partial charge in [-0.25, -0.2) is 9.97 Å². The molecule has 0 bridgehead atoms. The van der Waals surface area contributed by atoms with Crippen molar-refractivity contribution in [1.82, 2.24) is 9.97 Å². The quantitative estimate of drug-likeness (QED) is 0.0371. The largest absolute Gasteiger partial charge is 0.502 e. The van der Waals surface area contributed by atoms with Gasteiger partial charge in [-0.2, -0.15) is 74.0 Å². The summed E-state index contributed by atoms with van der Waals surface area (Å²) in [5.74, 6) is 3.82. The molecule has 2 aromatic heterocycles. The van der Waals surface area contributed by atoms with E-state index in [1.165, 1.54) is 0 Å². The first-order valence-corrected chi connectivity index (χ1v) is 23.2. The number of aromatic nitrogens is 2. The van der Waals surface area contributed by atoms with Crippen LogP contribution >= 0.6 is 23.5 Å². The molecule has 0 saturated carbocycles. The predicted octanol–water partition coefficient (Wildman–Crippen LogP) is 14.5. The Balaban J connectivity index is 0.000000186. The zero-order chi connectivity index (χ0) is 45.2. The summed E-state index contributed by atoms with van der Waals surface area (Å²) >= 11 is 3.60. The molecular weight excluding hydrogens is 1240 g/mol. The molecule has 14 heteroatoms. The van der Waals surface area contributed by atoms with Crippen molar-refractivity contribution in [3.8, 4) is 0 Å². The van der Waals surface area contributed by atoms with Crippen LogP contribution in [-0.2, 0) is 42.1 Å². The van der Waals surface area contributed by atoms with Gasteiger partial charge in [0.15, 0.2) is 0 Å². The summed E-state index contributed by atoms with van der Waals surface area (Å²) in [7, 11) is 4.03. The van der Waals surface area contributed by atoms with E-state index in [-0.39, 0.29) is 42.1 Å². The van der Waals surface area contributed by atoms with Crippen molar-refractivity contribution < 1.29 is 42.1 Å². The summed E-state index contributed by atoms with van der Waals surface area (Å²) in [4.78, 5) is 28.1. The summed E-state index contributed by atoms with van der Waals surface area (Å²) in [6.45, 7) is 4.03. The number of nitrogens with zero attached hydrogens (tertiary/aromatic N) is 10. The van der Waals surface area contributed by atoms with Crippen LogP contribution in [0.15, 0.2) is 214 Å². The van der Waals surface area contributed by atoms with Crippen LogP contribution in [0.2, 0.25) is 0 Å². The van der Waals surface area contributed by atoms with E-state index < -0.39 is 0 Å². The molecule has 10 nitrogen and oxygen atoms in total. The van der Waals surface area contributed by atoms with Crippen molar-refractivity contribution in [2.75, 3.05) is 45.2 Å². The average molecular weight is 1290 g/mol. The fraction of sp³-hybridized carbons (Fsp3) is 0.0741. The van der Waals surface area contributed by atoms with E-state index in [0.717, 1.165) is 78.4 Å². The van der Waals surface area contributed by atoms with Gasteiger partial charge in [-0.05, 0) is 73.2 Å². The second kappa shape index (κ2) is 27.0. The summed E-state index contributed by atoms with van der Waals surface area (Å²) in [5, 5.41) is 9.12. The van der Waals surface area contributed by atoms with Gasteiger partial charge >= 0.3 is 0 Å². The summed E-state index contributed by atoms with van der Waals surface area (Å²) in [6.07, 6.45) is 6.86. The first-order chi connectivity index (χ1) is 32.6. The van der Waals surface area contributed by atoms with Crippen molar-refractivity contribution in [3.05, 3.63) is 230 Å². The molecule has 10 rings (SSSR count). The molecular formula is C54H46N10Pt2S2-6.